The number of aryl methyl sites for hydroxylation is 2. The van der Waals surface area contributed by atoms with Gasteiger partial charge >= 0.3 is 5.97 Å². The molecule has 2 aromatic carbocycles. The summed E-state index contributed by atoms with van der Waals surface area (Å²) in [6, 6.07) is 16.1. The van der Waals surface area contributed by atoms with Gasteiger partial charge in [-0.3, -0.25) is 9.78 Å². The van der Waals surface area contributed by atoms with Crippen molar-refractivity contribution in [2.45, 2.75) is 20.8 Å². The van der Waals surface area contributed by atoms with Gasteiger partial charge in [-0.1, -0.05) is 6.07 Å². The molecule has 3 aromatic rings. The van der Waals surface area contributed by atoms with Crippen LogP contribution in [-0.2, 0) is 4.74 Å². The zero-order valence-electron chi connectivity index (χ0n) is 16.7. The Hall–Kier alpha value is -3.67. The van der Waals surface area contributed by atoms with Gasteiger partial charge in [-0.05, 0) is 80.4 Å². The summed E-state index contributed by atoms with van der Waals surface area (Å²) in [6.07, 6.45) is 1.59. The van der Waals surface area contributed by atoms with E-state index in [2.05, 4.69) is 35.5 Å². The standard InChI is InChI=1S/C23H23N3O3/c1-4-29-23(28)17-6-9-18(10-7-17)26-22(27)21-14-20(11-12-24-21)25-19-8-5-15(2)16(3)13-19/h5-14H,4H2,1-3H3,(H,24,25)(H,26,27). The van der Waals surface area contributed by atoms with E-state index in [4.69, 9.17) is 4.74 Å². The first-order valence-electron chi connectivity index (χ1n) is 9.35. The molecule has 0 unspecified atom stereocenters. The Kier molecular flexibility index (Phi) is 6.24. The number of rotatable bonds is 6. The van der Waals surface area contributed by atoms with Crippen molar-refractivity contribution >= 4 is 28.9 Å². The molecule has 0 fully saturated rings. The lowest BCUT2D eigenvalue weighted by Crippen LogP contribution is -2.14. The number of aromatic nitrogens is 1. The molecule has 0 saturated carbocycles. The summed E-state index contributed by atoms with van der Waals surface area (Å²) in [5.41, 5.74) is 5.41. The molecule has 148 valence electrons. The number of benzene rings is 2. The van der Waals surface area contributed by atoms with Crippen molar-refractivity contribution in [1.82, 2.24) is 4.98 Å². The summed E-state index contributed by atoms with van der Waals surface area (Å²) < 4.78 is 4.95. The molecule has 3 rings (SSSR count). The molecule has 0 aliphatic rings. The minimum atomic E-state index is -0.392. The lowest BCUT2D eigenvalue weighted by molar-refractivity contribution is 0.0526. The Morgan fingerprint density at radius 2 is 1.59 bits per heavy atom. The lowest BCUT2D eigenvalue weighted by atomic mass is 10.1. The number of hydrogen-bond donors (Lipinski definition) is 2. The van der Waals surface area contributed by atoms with Crippen LogP contribution in [0.25, 0.3) is 0 Å². The Morgan fingerprint density at radius 1 is 0.897 bits per heavy atom. The van der Waals surface area contributed by atoms with Crippen molar-refractivity contribution in [2.24, 2.45) is 0 Å². The summed E-state index contributed by atoms with van der Waals surface area (Å²) in [4.78, 5) is 28.4. The van der Waals surface area contributed by atoms with Crippen LogP contribution in [0.5, 0.6) is 0 Å². The van der Waals surface area contributed by atoms with Gasteiger partial charge in [-0.2, -0.15) is 0 Å². The summed E-state index contributed by atoms with van der Waals surface area (Å²) in [7, 11) is 0. The zero-order valence-corrected chi connectivity index (χ0v) is 16.7. The number of nitrogens with zero attached hydrogens (tertiary/aromatic N) is 1. The van der Waals surface area contributed by atoms with Gasteiger partial charge in [0.1, 0.15) is 5.69 Å². The van der Waals surface area contributed by atoms with E-state index in [1.165, 1.54) is 11.1 Å². The van der Waals surface area contributed by atoms with E-state index in [1.807, 2.05) is 12.1 Å². The molecular formula is C23H23N3O3. The van der Waals surface area contributed by atoms with Gasteiger partial charge in [0.2, 0.25) is 0 Å². The molecule has 29 heavy (non-hydrogen) atoms. The SMILES string of the molecule is CCOC(=O)c1ccc(NC(=O)c2cc(Nc3ccc(C)c(C)c3)ccn2)cc1. The number of nitrogens with one attached hydrogen (secondary N) is 2. The fraction of sp³-hybridized carbons (Fsp3) is 0.174. The molecule has 0 bridgehead atoms. The monoisotopic (exact) mass is 389 g/mol. The van der Waals surface area contributed by atoms with Crippen LogP contribution in [0.3, 0.4) is 0 Å². The van der Waals surface area contributed by atoms with Crippen LogP contribution in [0, 0.1) is 13.8 Å². The quantitative estimate of drug-likeness (QED) is 0.588. The molecule has 2 N–H and O–H groups in total. The number of amides is 1. The van der Waals surface area contributed by atoms with Crippen molar-refractivity contribution in [3.63, 3.8) is 0 Å². The topological polar surface area (TPSA) is 80.3 Å². The molecule has 0 aliphatic carbocycles. The van der Waals surface area contributed by atoms with Crippen LogP contribution in [0.1, 0.15) is 38.9 Å². The number of pyridine rings is 1. The van der Waals surface area contributed by atoms with E-state index >= 15 is 0 Å². The maximum Gasteiger partial charge on any atom is 0.338 e. The number of hydrogen-bond acceptors (Lipinski definition) is 5. The molecule has 1 amide bonds. The van der Waals surface area contributed by atoms with E-state index in [-0.39, 0.29) is 11.6 Å². The van der Waals surface area contributed by atoms with Gasteiger partial charge in [0.05, 0.1) is 12.2 Å². The highest BCUT2D eigenvalue weighted by Crippen LogP contribution is 2.20. The highest BCUT2D eigenvalue weighted by molar-refractivity contribution is 6.03. The maximum atomic E-state index is 12.5. The number of carbonyl (C=O) groups is 2. The van der Waals surface area contributed by atoms with Gasteiger partial charge in [0.15, 0.2) is 0 Å². The van der Waals surface area contributed by atoms with E-state index in [0.29, 0.717) is 17.9 Å². The highest BCUT2D eigenvalue weighted by atomic mass is 16.5. The van der Waals surface area contributed by atoms with E-state index in [9.17, 15) is 9.59 Å². The van der Waals surface area contributed by atoms with E-state index in [1.54, 1.807) is 49.5 Å². The summed E-state index contributed by atoms with van der Waals surface area (Å²) >= 11 is 0. The van der Waals surface area contributed by atoms with Gasteiger partial charge in [0, 0.05) is 23.3 Å². The molecule has 0 saturated heterocycles. The molecule has 6 nitrogen and oxygen atoms in total. The van der Waals surface area contributed by atoms with Gasteiger partial charge in [-0.15, -0.1) is 0 Å². The third-order valence-corrected chi connectivity index (χ3v) is 4.44. The van der Waals surface area contributed by atoms with E-state index < -0.39 is 5.97 Å². The fourth-order valence-corrected chi connectivity index (χ4v) is 2.72. The molecular weight excluding hydrogens is 366 g/mol. The second-order valence-corrected chi connectivity index (χ2v) is 6.61. The second-order valence-electron chi connectivity index (χ2n) is 6.61. The van der Waals surface area contributed by atoms with Crippen LogP contribution in [-0.4, -0.2) is 23.5 Å². The number of ether oxygens (including phenoxy) is 1. The predicted octanol–water partition coefficient (Wildman–Crippen LogP) is 4.87. The first-order valence-corrected chi connectivity index (χ1v) is 9.35. The molecule has 6 heteroatoms. The fourth-order valence-electron chi connectivity index (χ4n) is 2.72. The first kappa shape index (κ1) is 20.1. The second kappa shape index (κ2) is 9.01. The highest BCUT2D eigenvalue weighted by Gasteiger charge is 2.10. The number of anilines is 3. The number of esters is 1. The Balaban J connectivity index is 1.69. The van der Waals surface area contributed by atoms with Crippen LogP contribution < -0.4 is 10.6 Å². The molecule has 0 spiro atoms. The molecule has 0 aliphatic heterocycles. The predicted molar refractivity (Wildman–Crippen MR) is 114 cm³/mol. The molecule has 0 radical (unpaired) electrons. The van der Waals surface area contributed by atoms with Crippen LogP contribution in [0.2, 0.25) is 0 Å². The normalized spacial score (nSPS) is 10.3. The van der Waals surface area contributed by atoms with Crippen molar-refractivity contribution < 1.29 is 14.3 Å². The van der Waals surface area contributed by atoms with Crippen molar-refractivity contribution in [2.75, 3.05) is 17.2 Å². The van der Waals surface area contributed by atoms with Crippen LogP contribution >= 0.6 is 0 Å². The largest absolute Gasteiger partial charge is 0.462 e. The average Bonchev–Trinajstić information content (AvgIpc) is 2.72. The van der Waals surface area contributed by atoms with Crippen LogP contribution in [0.15, 0.2) is 60.8 Å². The zero-order chi connectivity index (χ0) is 20.8. The smallest absolute Gasteiger partial charge is 0.338 e. The molecule has 0 atom stereocenters. The summed E-state index contributed by atoms with van der Waals surface area (Å²) in [5.74, 6) is -0.727. The van der Waals surface area contributed by atoms with E-state index in [0.717, 1.165) is 11.4 Å². The third kappa shape index (κ3) is 5.19. The summed E-state index contributed by atoms with van der Waals surface area (Å²) in [6.45, 7) is 6.18. The molecule has 1 heterocycles. The third-order valence-electron chi connectivity index (χ3n) is 4.44. The van der Waals surface area contributed by atoms with Gasteiger partial charge in [-0.25, -0.2) is 4.79 Å². The Labute approximate surface area is 169 Å². The van der Waals surface area contributed by atoms with Crippen molar-refractivity contribution in [3.8, 4) is 0 Å². The van der Waals surface area contributed by atoms with Crippen molar-refractivity contribution in [3.05, 3.63) is 83.2 Å². The molecule has 1 aromatic heterocycles. The minimum Gasteiger partial charge on any atom is -0.462 e. The van der Waals surface area contributed by atoms with Crippen LogP contribution in [0.4, 0.5) is 17.1 Å². The Bertz CT molecular complexity index is 1030. The maximum absolute atomic E-state index is 12.5. The van der Waals surface area contributed by atoms with Gasteiger partial charge in [0.25, 0.3) is 5.91 Å². The Morgan fingerprint density at radius 3 is 2.28 bits per heavy atom. The first-order chi connectivity index (χ1) is 14.0. The van der Waals surface area contributed by atoms with Crippen molar-refractivity contribution in [1.29, 1.82) is 0 Å². The van der Waals surface area contributed by atoms with Gasteiger partial charge < -0.3 is 15.4 Å². The lowest BCUT2D eigenvalue weighted by Gasteiger charge is -2.10. The average molecular weight is 389 g/mol. The summed E-state index contributed by atoms with van der Waals surface area (Å²) in [5, 5.41) is 6.07. The number of carbonyl (C=O) groups excluding carboxylic acids is 2. The minimum absolute atomic E-state index is 0.285.